The summed E-state index contributed by atoms with van der Waals surface area (Å²) in [5.74, 6) is 1.43. The first-order valence-electron chi connectivity index (χ1n) is 8.07. The molecule has 1 aliphatic heterocycles. The molecule has 0 bridgehead atoms. The van der Waals surface area contributed by atoms with E-state index in [-0.39, 0.29) is 18.3 Å². The summed E-state index contributed by atoms with van der Waals surface area (Å²) in [5.41, 5.74) is 1.64. The number of hydrogen-bond donors (Lipinski definition) is 1. The molecule has 6 nitrogen and oxygen atoms in total. The van der Waals surface area contributed by atoms with E-state index in [1.165, 1.54) is 6.92 Å². The third kappa shape index (κ3) is 4.73. The summed E-state index contributed by atoms with van der Waals surface area (Å²) >= 11 is 0. The predicted octanol–water partition coefficient (Wildman–Crippen LogP) is 2.95. The number of benzene rings is 2. The second kappa shape index (κ2) is 7.70. The number of nitrogens with one attached hydrogen (secondary N) is 1. The number of anilines is 1. The lowest BCUT2D eigenvalue weighted by Crippen LogP contribution is -2.15. The fourth-order valence-corrected chi connectivity index (χ4v) is 2.48. The lowest BCUT2D eigenvalue weighted by Gasteiger charge is -2.18. The number of aryl methyl sites for hydroxylation is 1. The molecule has 1 aliphatic rings. The van der Waals surface area contributed by atoms with Gasteiger partial charge in [-0.05, 0) is 48.4 Å². The Morgan fingerprint density at radius 2 is 1.76 bits per heavy atom. The maximum Gasteiger partial charge on any atom is 0.311 e. The highest BCUT2D eigenvalue weighted by Crippen LogP contribution is 2.31. The van der Waals surface area contributed by atoms with Gasteiger partial charge in [0.2, 0.25) is 5.91 Å². The molecule has 2 aromatic carbocycles. The van der Waals surface area contributed by atoms with Crippen LogP contribution in [0.3, 0.4) is 0 Å². The highest BCUT2D eigenvalue weighted by atomic mass is 16.6. The van der Waals surface area contributed by atoms with Crippen molar-refractivity contribution >= 4 is 17.6 Å². The van der Waals surface area contributed by atoms with Gasteiger partial charge in [0.25, 0.3) is 0 Å². The summed E-state index contributed by atoms with van der Waals surface area (Å²) in [6.07, 6.45) is 0.812. The van der Waals surface area contributed by atoms with E-state index >= 15 is 0 Å². The number of carbonyl (C=O) groups excluding carboxylic acids is 2. The minimum Gasteiger partial charge on any atom is -0.486 e. The molecular weight excluding hydrogens is 322 g/mol. The summed E-state index contributed by atoms with van der Waals surface area (Å²) < 4.78 is 16.3. The lowest BCUT2D eigenvalue weighted by molar-refractivity contribution is -0.134. The minimum atomic E-state index is -0.317. The van der Waals surface area contributed by atoms with Crippen LogP contribution in [-0.4, -0.2) is 25.1 Å². The van der Waals surface area contributed by atoms with Crippen LogP contribution >= 0.6 is 0 Å². The number of fused-ring (bicyclic) bond motifs is 1. The van der Waals surface area contributed by atoms with Crippen molar-refractivity contribution < 1.29 is 23.8 Å². The van der Waals surface area contributed by atoms with E-state index in [2.05, 4.69) is 5.32 Å². The summed E-state index contributed by atoms with van der Waals surface area (Å²) in [7, 11) is 0. The van der Waals surface area contributed by atoms with Crippen molar-refractivity contribution in [2.75, 3.05) is 18.5 Å². The Hall–Kier alpha value is -3.02. The first-order chi connectivity index (χ1) is 12.1. The van der Waals surface area contributed by atoms with Gasteiger partial charge in [-0.2, -0.15) is 0 Å². The van der Waals surface area contributed by atoms with E-state index < -0.39 is 0 Å². The molecule has 0 fully saturated rings. The van der Waals surface area contributed by atoms with Crippen LogP contribution in [0.25, 0.3) is 0 Å². The van der Waals surface area contributed by atoms with Crippen LogP contribution in [0.1, 0.15) is 18.9 Å². The smallest absolute Gasteiger partial charge is 0.311 e. The summed E-state index contributed by atoms with van der Waals surface area (Å²) in [6.45, 7) is 2.53. The van der Waals surface area contributed by atoms with E-state index in [0.29, 0.717) is 36.8 Å². The Morgan fingerprint density at radius 3 is 2.48 bits per heavy atom. The van der Waals surface area contributed by atoms with Crippen LogP contribution < -0.4 is 19.5 Å². The molecule has 1 N–H and O–H groups in total. The van der Waals surface area contributed by atoms with E-state index in [1.54, 1.807) is 24.3 Å². The molecule has 1 amide bonds. The number of hydrogen-bond acceptors (Lipinski definition) is 5. The maximum atomic E-state index is 12.0. The fraction of sp³-hybridized carbons (Fsp3) is 0.263. The SMILES string of the molecule is CC(=O)Nc1ccc(OC(=O)CCc2ccc3c(c2)OCCO3)cc1. The van der Waals surface area contributed by atoms with Gasteiger partial charge in [0, 0.05) is 19.0 Å². The van der Waals surface area contributed by atoms with Gasteiger partial charge in [-0.1, -0.05) is 6.07 Å². The number of carbonyl (C=O) groups is 2. The molecule has 25 heavy (non-hydrogen) atoms. The van der Waals surface area contributed by atoms with Gasteiger partial charge in [-0.3, -0.25) is 9.59 Å². The number of amides is 1. The molecule has 6 heteroatoms. The Balaban J connectivity index is 1.51. The predicted molar refractivity (Wildman–Crippen MR) is 92.1 cm³/mol. The zero-order valence-corrected chi connectivity index (χ0v) is 13.9. The molecule has 0 aliphatic carbocycles. The normalized spacial score (nSPS) is 12.4. The number of ether oxygens (including phenoxy) is 3. The number of esters is 1. The largest absolute Gasteiger partial charge is 0.486 e. The van der Waals surface area contributed by atoms with Gasteiger partial charge in [0.15, 0.2) is 11.5 Å². The quantitative estimate of drug-likeness (QED) is 0.668. The van der Waals surface area contributed by atoms with Gasteiger partial charge in [-0.15, -0.1) is 0 Å². The second-order valence-electron chi connectivity index (χ2n) is 5.66. The molecule has 0 spiro atoms. The van der Waals surface area contributed by atoms with Crippen LogP contribution in [0.2, 0.25) is 0 Å². The van der Waals surface area contributed by atoms with Crippen molar-refractivity contribution in [2.45, 2.75) is 19.8 Å². The van der Waals surface area contributed by atoms with E-state index in [9.17, 15) is 9.59 Å². The molecule has 0 radical (unpaired) electrons. The Labute approximate surface area is 145 Å². The average molecular weight is 341 g/mol. The molecule has 0 saturated heterocycles. The van der Waals surface area contributed by atoms with Crippen LogP contribution in [-0.2, 0) is 16.0 Å². The minimum absolute atomic E-state index is 0.149. The molecule has 2 aromatic rings. The molecule has 0 unspecified atom stereocenters. The van der Waals surface area contributed by atoms with Crippen molar-refractivity contribution in [3.8, 4) is 17.2 Å². The topological polar surface area (TPSA) is 73.9 Å². The van der Waals surface area contributed by atoms with Crippen molar-refractivity contribution in [3.63, 3.8) is 0 Å². The zero-order chi connectivity index (χ0) is 17.6. The standard InChI is InChI=1S/C19H19NO5/c1-13(21)20-15-4-6-16(7-5-15)25-19(22)9-3-14-2-8-17-18(12-14)24-11-10-23-17/h2,4-8,12H,3,9-11H2,1H3,(H,20,21). The van der Waals surface area contributed by atoms with Gasteiger partial charge in [-0.25, -0.2) is 0 Å². The Kier molecular flexibility index (Phi) is 5.18. The average Bonchev–Trinajstić information content (AvgIpc) is 2.61. The third-order valence-electron chi connectivity index (χ3n) is 3.63. The van der Waals surface area contributed by atoms with Gasteiger partial charge in [0.1, 0.15) is 19.0 Å². The first kappa shape index (κ1) is 16.8. The molecule has 1 heterocycles. The van der Waals surface area contributed by atoms with Crippen molar-refractivity contribution in [3.05, 3.63) is 48.0 Å². The molecule has 3 rings (SSSR count). The zero-order valence-electron chi connectivity index (χ0n) is 13.9. The Bertz CT molecular complexity index is 770. The van der Waals surface area contributed by atoms with Gasteiger partial charge in [0.05, 0.1) is 0 Å². The van der Waals surface area contributed by atoms with Gasteiger partial charge < -0.3 is 19.5 Å². The molecule has 0 aromatic heterocycles. The van der Waals surface area contributed by atoms with E-state index in [1.807, 2.05) is 18.2 Å². The third-order valence-corrected chi connectivity index (χ3v) is 3.63. The number of rotatable bonds is 5. The fourth-order valence-electron chi connectivity index (χ4n) is 2.48. The van der Waals surface area contributed by atoms with Crippen molar-refractivity contribution in [1.29, 1.82) is 0 Å². The monoisotopic (exact) mass is 341 g/mol. The van der Waals surface area contributed by atoms with Gasteiger partial charge >= 0.3 is 5.97 Å². The van der Waals surface area contributed by atoms with E-state index in [4.69, 9.17) is 14.2 Å². The highest BCUT2D eigenvalue weighted by Gasteiger charge is 2.13. The van der Waals surface area contributed by atoms with Crippen molar-refractivity contribution in [1.82, 2.24) is 0 Å². The summed E-state index contributed by atoms with van der Waals surface area (Å²) in [5, 5.41) is 2.66. The molecule has 130 valence electrons. The van der Waals surface area contributed by atoms with Crippen LogP contribution in [0, 0.1) is 0 Å². The molecule has 0 saturated carbocycles. The maximum absolute atomic E-state index is 12.0. The van der Waals surface area contributed by atoms with Crippen LogP contribution in [0.4, 0.5) is 5.69 Å². The van der Waals surface area contributed by atoms with Crippen molar-refractivity contribution in [2.24, 2.45) is 0 Å². The lowest BCUT2D eigenvalue weighted by atomic mass is 10.1. The summed E-state index contributed by atoms with van der Waals surface area (Å²) in [6, 6.07) is 12.3. The first-order valence-corrected chi connectivity index (χ1v) is 8.07. The van der Waals surface area contributed by atoms with Crippen LogP contribution in [0.15, 0.2) is 42.5 Å². The second-order valence-corrected chi connectivity index (χ2v) is 5.66. The molecular formula is C19H19NO5. The van der Waals surface area contributed by atoms with E-state index in [0.717, 1.165) is 11.3 Å². The molecule has 0 atom stereocenters. The Morgan fingerprint density at radius 1 is 1.04 bits per heavy atom. The highest BCUT2D eigenvalue weighted by molar-refractivity contribution is 5.88. The van der Waals surface area contributed by atoms with Crippen LogP contribution in [0.5, 0.6) is 17.2 Å². The summed E-state index contributed by atoms with van der Waals surface area (Å²) in [4.78, 5) is 23.0.